The number of hydrogen-bond acceptors (Lipinski definition) is 2. The molecule has 7 heteroatoms. The monoisotopic (exact) mass is 346 g/mol. The molecule has 3 amide bonds. The lowest BCUT2D eigenvalue weighted by atomic mass is 10.1. The number of amides is 3. The van der Waals surface area contributed by atoms with Crippen LogP contribution in [0.5, 0.6) is 0 Å². The van der Waals surface area contributed by atoms with Gasteiger partial charge in [0.1, 0.15) is 5.70 Å². The maximum atomic E-state index is 12.6. The van der Waals surface area contributed by atoms with Crippen molar-refractivity contribution in [2.24, 2.45) is 0 Å². The fourth-order valence-corrected chi connectivity index (χ4v) is 2.42. The van der Waals surface area contributed by atoms with Crippen LogP contribution in [0.15, 0.2) is 60.3 Å². The summed E-state index contributed by atoms with van der Waals surface area (Å²) < 4.78 is 37.7. The van der Waals surface area contributed by atoms with Crippen molar-refractivity contribution >= 4 is 18.0 Å². The average Bonchev–Trinajstić information content (AvgIpc) is 2.83. The van der Waals surface area contributed by atoms with Crippen molar-refractivity contribution in [2.45, 2.75) is 12.7 Å². The Hall–Kier alpha value is -3.09. The molecular formula is C18H13F3N2O2. The van der Waals surface area contributed by atoms with Crippen molar-refractivity contribution in [1.29, 1.82) is 0 Å². The number of carbonyl (C=O) groups is 2. The van der Waals surface area contributed by atoms with Crippen molar-refractivity contribution in [2.75, 3.05) is 0 Å². The second kappa shape index (κ2) is 6.43. The molecule has 0 aromatic heterocycles. The van der Waals surface area contributed by atoms with Crippen molar-refractivity contribution in [3.63, 3.8) is 0 Å². The summed E-state index contributed by atoms with van der Waals surface area (Å²) in [5.74, 6) is -0.520. The van der Waals surface area contributed by atoms with Gasteiger partial charge in [-0.05, 0) is 29.3 Å². The summed E-state index contributed by atoms with van der Waals surface area (Å²) in [7, 11) is 0. The van der Waals surface area contributed by atoms with E-state index in [2.05, 4.69) is 5.32 Å². The lowest BCUT2D eigenvalue weighted by Gasteiger charge is -2.11. The highest BCUT2D eigenvalue weighted by Crippen LogP contribution is 2.29. The number of hydrogen-bond donors (Lipinski definition) is 1. The molecule has 0 unspecified atom stereocenters. The average molecular weight is 346 g/mol. The Morgan fingerprint density at radius 3 is 2.20 bits per heavy atom. The molecule has 25 heavy (non-hydrogen) atoms. The number of benzene rings is 2. The normalized spacial score (nSPS) is 16.4. The Balaban J connectivity index is 1.78. The van der Waals surface area contributed by atoms with Crippen LogP contribution in [0.4, 0.5) is 18.0 Å². The number of nitrogens with zero attached hydrogens (tertiary/aromatic N) is 1. The third-order valence-corrected chi connectivity index (χ3v) is 3.69. The molecule has 0 bridgehead atoms. The van der Waals surface area contributed by atoms with Crippen LogP contribution in [0.25, 0.3) is 6.08 Å². The fourth-order valence-electron chi connectivity index (χ4n) is 2.42. The van der Waals surface area contributed by atoms with Crippen LogP contribution in [0.3, 0.4) is 0 Å². The summed E-state index contributed by atoms with van der Waals surface area (Å²) >= 11 is 0. The number of rotatable bonds is 3. The summed E-state index contributed by atoms with van der Waals surface area (Å²) in [6, 6.07) is 12.8. The summed E-state index contributed by atoms with van der Waals surface area (Å²) in [4.78, 5) is 25.4. The molecule has 0 spiro atoms. The Bertz CT molecular complexity index is 828. The highest BCUT2D eigenvalue weighted by Gasteiger charge is 2.33. The lowest BCUT2D eigenvalue weighted by molar-refractivity contribution is -0.137. The van der Waals surface area contributed by atoms with E-state index in [0.717, 1.165) is 22.6 Å². The SMILES string of the molecule is O=C1N/C(=C\c2ccc(C(F)(F)F)cc2)C(=O)N1Cc1ccccc1. The topological polar surface area (TPSA) is 49.4 Å². The third kappa shape index (κ3) is 3.71. The standard InChI is InChI=1S/C18H13F3N2O2/c19-18(20,21)14-8-6-12(7-9-14)10-15-16(24)23(17(25)22-15)11-13-4-2-1-3-5-13/h1-10H,11H2,(H,22,25)/b15-10-. The van der Waals surface area contributed by atoms with Gasteiger partial charge in [0.05, 0.1) is 12.1 Å². The first-order valence-corrected chi connectivity index (χ1v) is 7.40. The van der Waals surface area contributed by atoms with Crippen LogP contribution in [-0.4, -0.2) is 16.8 Å². The van der Waals surface area contributed by atoms with Crippen molar-refractivity contribution in [1.82, 2.24) is 10.2 Å². The van der Waals surface area contributed by atoms with Crippen molar-refractivity contribution in [3.05, 3.63) is 77.0 Å². The Morgan fingerprint density at radius 1 is 0.960 bits per heavy atom. The van der Waals surface area contributed by atoms with Gasteiger partial charge in [0.25, 0.3) is 5.91 Å². The summed E-state index contributed by atoms with van der Waals surface area (Å²) in [6.07, 6.45) is -3.07. The number of carbonyl (C=O) groups excluding carboxylic acids is 2. The maximum absolute atomic E-state index is 12.6. The summed E-state index contributed by atoms with van der Waals surface area (Å²) in [6.45, 7) is 0.121. The minimum absolute atomic E-state index is 0.0284. The highest BCUT2D eigenvalue weighted by molar-refractivity contribution is 6.13. The van der Waals surface area contributed by atoms with Gasteiger partial charge in [-0.3, -0.25) is 9.69 Å². The summed E-state index contributed by atoms with van der Waals surface area (Å²) in [5.41, 5.74) is 0.433. The highest BCUT2D eigenvalue weighted by atomic mass is 19.4. The first kappa shape index (κ1) is 16.8. The van der Waals surface area contributed by atoms with E-state index in [1.807, 2.05) is 6.07 Å². The number of alkyl halides is 3. The predicted octanol–water partition coefficient (Wildman–Crippen LogP) is 3.80. The Morgan fingerprint density at radius 2 is 1.60 bits per heavy atom. The molecule has 128 valence electrons. The molecule has 2 aromatic carbocycles. The first-order valence-electron chi connectivity index (χ1n) is 7.40. The van der Waals surface area contributed by atoms with E-state index in [1.165, 1.54) is 18.2 Å². The van der Waals surface area contributed by atoms with Crippen molar-refractivity contribution in [3.8, 4) is 0 Å². The van der Waals surface area contributed by atoms with Crippen LogP contribution in [0, 0.1) is 0 Å². The van der Waals surface area contributed by atoms with Crippen molar-refractivity contribution < 1.29 is 22.8 Å². The van der Waals surface area contributed by atoms with E-state index < -0.39 is 23.7 Å². The quantitative estimate of drug-likeness (QED) is 0.679. The number of imide groups is 1. The van der Waals surface area contributed by atoms with E-state index in [-0.39, 0.29) is 12.2 Å². The number of nitrogens with one attached hydrogen (secondary N) is 1. The number of urea groups is 1. The molecule has 0 radical (unpaired) electrons. The molecule has 2 aromatic rings. The van der Waals surface area contributed by atoms with Gasteiger partial charge < -0.3 is 5.32 Å². The number of halogens is 3. The van der Waals surface area contributed by atoms with Crippen LogP contribution in [-0.2, 0) is 17.5 Å². The van der Waals surface area contributed by atoms with Gasteiger partial charge in [-0.25, -0.2) is 4.79 Å². The molecule has 0 aliphatic carbocycles. The van der Waals surface area contributed by atoms with Gasteiger partial charge in [0.15, 0.2) is 0 Å². The van der Waals surface area contributed by atoms with E-state index in [9.17, 15) is 22.8 Å². The molecule has 1 N–H and O–H groups in total. The Kier molecular flexibility index (Phi) is 4.31. The molecule has 1 aliphatic rings. The van der Waals surface area contributed by atoms with E-state index >= 15 is 0 Å². The minimum Gasteiger partial charge on any atom is -0.303 e. The van der Waals surface area contributed by atoms with E-state index in [1.54, 1.807) is 24.3 Å². The van der Waals surface area contributed by atoms with Crippen LogP contribution in [0.2, 0.25) is 0 Å². The van der Waals surface area contributed by atoms with E-state index in [4.69, 9.17) is 0 Å². The third-order valence-electron chi connectivity index (χ3n) is 3.69. The molecule has 0 saturated carbocycles. The minimum atomic E-state index is -4.42. The van der Waals surface area contributed by atoms with Gasteiger partial charge in [-0.15, -0.1) is 0 Å². The molecule has 1 saturated heterocycles. The molecule has 0 atom stereocenters. The lowest BCUT2D eigenvalue weighted by Crippen LogP contribution is -2.30. The second-order valence-electron chi connectivity index (χ2n) is 5.48. The molecule has 4 nitrogen and oxygen atoms in total. The van der Waals surface area contributed by atoms with Gasteiger partial charge in [0, 0.05) is 0 Å². The van der Waals surface area contributed by atoms with Gasteiger partial charge >= 0.3 is 12.2 Å². The van der Waals surface area contributed by atoms with Gasteiger partial charge in [-0.2, -0.15) is 13.2 Å². The fraction of sp³-hybridized carbons (Fsp3) is 0.111. The van der Waals surface area contributed by atoms with Crippen LogP contribution in [0.1, 0.15) is 16.7 Å². The summed E-state index contributed by atoms with van der Waals surface area (Å²) in [5, 5.41) is 2.44. The molecule has 1 fully saturated rings. The zero-order chi connectivity index (χ0) is 18.0. The largest absolute Gasteiger partial charge is 0.416 e. The second-order valence-corrected chi connectivity index (χ2v) is 5.48. The smallest absolute Gasteiger partial charge is 0.303 e. The molecule has 1 aliphatic heterocycles. The first-order chi connectivity index (χ1) is 11.8. The molecule has 3 rings (SSSR count). The van der Waals surface area contributed by atoms with Crippen LogP contribution >= 0.6 is 0 Å². The zero-order valence-electron chi connectivity index (χ0n) is 12.9. The van der Waals surface area contributed by atoms with Gasteiger partial charge in [-0.1, -0.05) is 42.5 Å². The molecule has 1 heterocycles. The van der Waals surface area contributed by atoms with Crippen LogP contribution < -0.4 is 5.32 Å². The zero-order valence-corrected chi connectivity index (χ0v) is 12.9. The van der Waals surface area contributed by atoms with Gasteiger partial charge in [0.2, 0.25) is 0 Å². The molecular weight excluding hydrogens is 333 g/mol. The predicted molar refractivity (Wildman–Crippen MR) is 84.9 cm³/mol. The van der Waals surface area contributed by atoms with E-state index in [0.29, 0.717) is 5.56 Å². The Labute approximate surface area is 141 Å². The maximum Gasteiger partial charge on any atom is 0.416 e.